The van der Waals surface area contributed by atoms with Gasteiger partial charge in [0, 0.05) is 6.04 Å². The number of carbonyl (C=O) groups is 2. The predicted molar refractivity (Wildman–Crippen MR) is 88.3 cm³/mol. The monoisotopic (exact) mass is 305 g/mol. The van der Waals surface area contributed by atoms with Crippen LogP contribution in [0.5, 0.6) is 0 Å². The van der Waals surface area contributed by atoms with E-state index in [0.717, 1.165) is 18.4 Å². The number of rotatable bonds is 7. The van der Waals surface area contributed by atoms with E-state index in [2.05, 4.69) is 55.7 Å². The second-order valence-electron chi connectivity index (χ2n) is 5.96. The van der Waals surface area contributed by atoms with Gasteiger partial charge >= 0.3 is 6.03 Å². The molecule has 0 aliphatic carbocycles. The van der Waals surface area contributed by atoms with Crippen molar-refractivity contribution in [2.45, 2.75) is 52.6 Å². The van der Waals surface area contributed by atoms with Crippen LogP contribution >= 0.6 is 0 Å². The molecule has 0 saturated heterocycles. The van der Waals surface area contributed by atoms with Gasteiger partial charge in [0.2, 0.25) is 5.91 Å². The van der Waals surface area contributed by atoms with Gasteiger partial charge in [0.1, 0.15) is 0 Å². The highest BCUT2D eigenvalue weighted by Crippen LogP contribution is 2.23. The van der Waals surface area contributed by atoms with Crippen LogP contribution in [0.15, 0.2) is 24.3 Å². The Labute approximate surface area is 132 Å². The summed E-state index contributed by atoms with van der Waals surface area (Å²) < 4.78 is 0. The quantitative estimate of drug-likeness (QED) is 0.723. The Hall–Kier alpha value is -1.88. The van der Waals surface area contributed by atoms with Crippen molar-refractivity contribution in [2.24, 2.45) is 11.7 Å². The van der Waals surface area contributed by atoms with Crippen molar-refractivity contribution < 1.29 is 9.59 Å². The lowest BCUT2D eigenvalue weighted by atomic mass is 9.94. The van der Waals surface area contributed by atoms with Gasteiger partial charge in [-0.15, -0.1) is 0 Å². The van der Waals surface area contributed by atoms with Gasteiger partial charge in [-0.2, -0.15) is 0 Å². The van der Waals surface area contributed by atoms with Crippen LogP contribution < -0.4 is 16.4 Å². The zero-order valence-corrected chi connectivity index (χ0v) is 13.8. The summed E-state index contributed by atoms with van der Waals surface area (Å²) in [7, 11) is 0. The smallest absolute Gasteiger partial charge is 0.318 e. The molecular formula is C17H27N3O2. The highest BCUT2D eigenvalue weighted by Gasteiger charge is 2.22. The molecule has 1 aromatic carbocycles. The Bertz CT molecular complexity index is 497. The summed E-state index contributed by atoms with van der Waals surface area (Å²) in [5.41, 5.74) is 7.43. The maximum absolute atomic E-state index is 11.8. The molecule has 5 heteroatoms. The summed E-state index contributed by atoms with van der Waals surface area (Å²) in [4.78, 5) is 22.6. The third-order valence-corrected chi connectivity index (χ3v) is 3.61. The number of hydrogen-bond acceptors (Lipinski definition) is 3. The Kier molecular flexibility index (Phi) is 7.05. The van der Waals surface area contributed by atoms with Gasteiger partial charge in [-0.25, -0.2) is 4.79 Å². The van der Waals surface area contributed by atoms with E-state index in [-0.39, 0.29) is 6.04 Å². The molecule has 0 bridgehead atoms. The second kappa shape index (κ2) is 8.54. The fraction of sp³-hybridized carbons (Fsp3) is 0.529. The molecule has 0 heterocycles. The lowest BCUT2D eigenvalue weighted by Gasteiger charge is -2.26. The molecule has 0 aromatic heterocycles. The first kappa shape index (κ1) is 18.2. The number of nitrogens with one attached hydrogen (secondary N) is 2. The van der Waals surface area contributed by atoms with Crippen LogP contribution in [0.2, 0.25) is 0 Å². The second-order valence-corrected chi connectivity index (χ2v) is 5.96. The van der Waals surface area contributed by atoms with Crippen LogP contribution in [0.4, 0.5) is 4.79 Å². The molecule has 1 rings (SSSR count). The Morgan fingerprint density at radius 2 is 1.73 bits per heavy atom. The molecule has 0 aliphatic heterocycles. The van der Waals surface area contributed by atoms with E-state index in [1.807, 2.05) is 0 Å². The summed E-state index contributed by atoms with van der Waals surface area (Å²) >= 11 is 0. The van der Waals surface area contributed by atoms with Crippen molar-refractivity contribution in [3.8, 4) is 0 Å². The van der Waals surface area contributed by atoms with Crippen molar-refractivity contribution >= 4 is 11.9 Å². The van der Waals surface area contributed by atoms with E-state index in [4.69, 9.17) is 5.73 Å². The third-order valence-electron chi connectivity index (χ3n) is 3.61. The number of aryl methyl sites for hydroxylation is 1. The lowest BCUT2D eigenvalue weighted by molar-refractivity contribution is -0.121. The number of primary amides is 1. The molecule has 5 nitrogen and oxygen atoms in total. The zero-order valence-electron chi connectivity index (χ0n) is 13.8. The average molecular weight is 305 g/mol. The van der Waals surface area contributed by atoms with E-state index in [0.29, 0.717) is 5.92 Å². The topological polar surface area (TPSA) is 84.2 Å². The number of benzene rings is 1. The number of imide groups is 1. The highest BCUT2D eigenvalue weighted by molar-refractivity contribution is 5.96. The molecule has 0 spiro atoms. The van der Waals surface area contributed by atoms with Gasteiger partial charge in [-0.1, -0.05) is 51.5 Å². The number of carbonyl (C=O) groups excluding carboxylic acids is 2. The first-order chi connectivity index (χ1) is 10.3. The maximum Gasteiger partial charge on any atom is 0.318 e. The molecule has 3 amide bonds. The molecule has 22 heavy (non-hydrogen) atoms. The predicted octanol–water partition coefficient (Wildman–Crippen LogP) is 2.51. The molecule has 0 fully saturated rings. The van der Waals surface area contributed by atoms with E-state index < -0.39 is 18.0 Å². The van der Waals surface area contributed by atoms with Gasteiger partial charge in [0.15, 0.2) is 0 Å². The van der Waals surface area contributed by atoms with E-state index in [1.165, 1.54) is 5.56 Å². The van der Waals surface area contributed by atoms with Crippen LogP contribution in [0.3, 0.4) is 0 Å². The summed E-state index contributed by atoms with van der Waals surface area (Å²) in [6.45, 7) is 8.07. The normalized spacial score (nSPS) is 13.7. The van der Waals surface area contributed by atoms with Crippen molar-refractivity contribution in [1.29, 1.82) is 0 Å². The Balaban J connectivity index is 2.80. The summed E-state index contributed by atoms with van der Waals surface area (Å²) in [5.74, 6) is -0.110. The fourth-order valence-electron chi connectivity index (χ4n) is 2.43. The van der Waals surface area contributed by atoms with Crippen LogP contribution in [-0.2, 0) is 11.2 Å². The molecule has 0 saturated carbocycles. The summed E-state index contributed by atoms with van der Waals surface area (Å²) in [6, 6.07) is 7.15. The largest absolute Gasteiger partial charge is 0.351 e. The molecule has 4 N–H and O–H groups in total. The third kappa shape index (κ3) is 5.48. The molecule has 1 aromatic rings. The van der Waals surface area contributed by atoms with Gasteiger partial charge in [0.05, 0.1) is 6.04 Å². The first-order valence-electron chi connectivity index (χ1n) is 7.80. The molecule has 122 valence electrons. The van der Waals surface area contributed by atoms with Crippen molar-refractivity contribution in [3.05, 3.63) is 35.4 Å². The van der Waals surface area contributed by atoms with Gasteiger partial charge in [0.25, 0.3) is 0 Å². The molecule has 0 unspecified atom stereocenters. The van der Waals surface area contributed by atoms with Gasteiger partial charge in [-0.05, 0) is 30.4 Å². The Morgan fingerprint density at radius 3 is 2.18 bits per heavy atom. The van der Waals surface area contributed by atoms with Crippen molar-refractivity contribution in [1.82, 2.24) is 10.6 Å². The van der Waals surface area contributed by atoms with E-state index >= 15 is 0 Å². The van der Waals surface area contributed by atoms with E-state index in [1.54, 1.807) is 6.92 Å². The number of hydrogen-bond donors (Lipinski definition) is 3. The molecule has 0 aliphatic rings. The molecule has 0 radical (unpaired) electrons. The lowest BCUT2D eigenvalue weighted by Crippen LogP contribution is -2.48. The van der Waals surface area contributed by atoms with Crippen molar-refractivity contribution in [3.63, 3.8) is 0 Å². The molecule has 2 atom stereocenters. The van der Waals surface area contributed by atoms with Crippen LogP contribution in [0.25, 0.3) is 0 Å². The Morgan fingerprint density at radius 1 is 1.14 bits per heavy atom. The minimum atomic E-state index is -0.830. The number of urea groups is 1. The number of amides is 3. The summed E-state index contributed by atoms with van der Waals surface area (Å²) in [5, 5.41) is 5.37. The standard InChI is InChI=1S/C17H27N3O2/c1-5-6-13-7-9-14(10-8-13)15(11(2)3)19-12(4)16(21)20-17(18)22/h7-12,15,19H,5-6H2,1-4H3,(H3,18,20,21,22)/t12-,15-/m0/s1. The van der Waals surface area contributed by atoms with Crippen molar-refractivity contribution in [2.75, 3.05) is 0 Å². The van der Waals surface area contributed by atoms with Gasteiger partial charge in [-0.3, -0.25) is 15.4 Å². The average Bonchev–Trinajstić information content (AvgIpc) is 2.44. The SMILES string of the molecule is CCCc1ccc([C@@H](N[C@@H](C)C(=O)NC(N)=O)C(C)C)cc1. The van der Waals surface area contributed by atoms with Crippen LogP contribution in [0, 0.1) is 5.92 Å². The fourth-order valence-corrected chi connectivity index (χ4v) is 2.43. The first-order valence-corrected chi connectivity index (χ1v) is 7.80. The number of nitrogens with two attached hydrogens (primary N) is 1. The maximum atomic E-state index is 11.8. The van der Waals surface area contributed by atoms with Gasteiger partial charge < -0.3 is 5.73 Å². The highest BCUT2D eigenvalue weighted by atomic mass is 16.2. The van der Waals surface area contributed by atoms with Crippen LogP contribution in [0.1, 0.15) is 51.3 Å². The minimum absolute atomic E-state index is 0.0318. The van der Waals surface area contributed by atoms with E-state index in [9.17, 15) is 9.59 Å². The van der Waals surface area contributed by atoms with Crippen LogP contribution in [-0.4, -0.2) is 18.0 Å². The minimum Gasteiger partial charge on any atom is -0.351 e. The zero-order chi connectivity index (χ0) is 16.7. The summed E-state index contributed by atoms with van der Waals surface area (Å²) in [6.07, 6.45) is 2.19. The molecular weight excluding hydrogens is 278 g/mol.